The molecule has 0 bridgehead atoms. The van der Waals surface area contributed by atoms with Crippen molar-refractivity contribution in [2.75, 3.05) is 19.7 Å². The van der Waals surface area contributed by atoms with E-state index < -0.39 is 0 Å². The third kappa shape index (κ3) is 3.07. The first kappa shape index (κ1) is 13.3. The maximum Gasteiger partial charge on any atom is 0.246 e. The van der Waals surface area contributed by atoms with E-state index in [0.29, 0.717) is 5.92 Å². The molecule has 2 heterocycles. The zero-order chi connectivity index (χ0) is 13.8. The second-order valence-corrected chi connectivity index (χ2v) is 5.44. The summed E-state index contributed by atoms with van der Waals surface area (Å²) in [6.07, 6.45) is 4.26. The predicted molar refractivity (Wildman–Crippen MR) is 75.6 cm³/mol. The molecule has 1 aromatic rings. The maximum absolute atomic E-state index is 9.00. The van der Waals surface area contributed by atoms with Gasteiger partial charge in [0.05, 0.1) is 0 Å². The molecule has 1 aromatic carbocycles. The highest BCUT2D eigenvalue weighted by Crippen LogP contribution is 2.27. The Balaban J connectivity index is 1.50. The molecule has 2 atom stereocenters. The molecule has 4 nitrogen and oxygen atoms in total. The second-order valence-electron chi connectivity index (χ2n) is 5.44. The largest absolute Gasteiger partial charge is 0.457 e. The van der Waals surface area contributed by atoms with Gasteiger partial charge in [-0.15, -0.1) is 0 Å². The summed E-state index contributed by atoms with van der Waals surface area (Å²) in [6.45, 7) is 2.21. The van der Waals surface area contributed by atoms with Gasteiger partial charge in [0.2, 0.25) is 12.2 Å². The molecule has 20 heavy (non-hydrogen) atoms. The highest BCUT2D eigenvalue weighted by atomic mass is 16.7. The molecular weight excluding hydrogens is 254 g/mol. The minimum atomic E-state index is -0.218. The SMILES string of the molecule is OCCC1CCN(C2=COC(Cc3ccccc3)O2)C1. The van der Waals surface area contributed by atoms with E-state index >= 15 is 0 Å². The van der Waals surface area contributed by atoms with Crippen molar-refractivity contribution in [1.82, 2.24) is 4.90 Å². The van der Waals surface area contributed by atoms with Crippen LogP contribution in [0.4, 0.5) is 0 Å². The van der Waals surface area contributed by atoms with Gasteiger partial charge in [-0.1, -0.05) is 30.3 Å². The summed E-state index contributed by atoms with van der Waals surface area (Å²) in [4.78, 5) is 2.21. The molecule has 0 aliphatic carbocycles. The van der Waals surface area contributed by atoms with Crippen molar-refractivity contribution in [3.63, 3.8) is 0 Å². The summed E-state index contributed by atoms with van der Waals surface area (Å²) in [6, 6.07) is 10.2. The topological polar surface area (TPSA) is 41.9 Å². The molecule has 2 aliphatic heterocycles. The molecule has 108 valence electrons. The Labute approximate surface area is 119 Å². The van der Waals surface area contributed by atoms with Crippen LogP contribution >= 0.6 is 0 Å². The summed E-state index contributed by atoms with van der Waals surface area (Å²) in [5.41, 5.74) is 1.21. The zero-order valence-corrected chi connectivity index (χ0v) is 11.6. The standard InChI is InChI=1S/C16H21NO3/c18-9-7-14-6-8-17(11-14)15-12-19-16(20-15)10-13-4-2-1-3-5-13/h1-5,12,14,16,18H,6-11H2. The third-order valence-electron chi connectivity index (χ3n) is 3.95. The van der Waals surface area contributed by atoms with E-state index in [4.69, 9.17) is 14.6 Å². The summed E-state index contributed by atoms with van der Waals surface area (Å²) in [5, 5.41) is 9.00. The van der Waals surface area contributed by atoms with Crippen LogP contribution in [-0.4, -0.2) is 36.0 Å². The third-order valence-corrected chi connectivity index (χ3v) is 3.95. The lowest BCUT2D eigenvalue weighted by Gasteiger charge is -2.19. The van der Waals surface area contributed by atoms with Gasteiger partial charge >= 0.3 is 0 Å². The Morgan fingerprint density at radius 3 is 2.90 bits per heavy atom. The van der Waals surface area contributed by atoms with E-state index in [1.807, 2.05) is 18.2 Å². The number of aliphatic hydroxyl groups excluding tert-OH is 1. The monoisotopic (exact) mass is 275 g/mol. The van der Waals surface area contributed by atoms with Crippen molar-refractivity contribution in [2.45, 2.75) is 25.6 Å². The molecule has 0 amide bonds. The van der Waals surface area contributed by atoms with Gasteiger partial charge in [0.25, 0.3) is 0 Å². The molecule has 1 saturated heterocycles. The Kier molecular flexibility index (Phi) is 4.11. The average molecular weight is 275 g/mol. The van der Waals surface area contributed by atoms with Crippen molar-refractivity contribution in [2.24, 2.45) is 5.92 Å². The van der Waals surface area contributed by atoms with Crippen LogP contribution in [0, 0.1) is 5.92 Å². The molecule has 0 saturated carbocycles. The molecule has 1 fully saturated rings. The van der Waals surface area contributed by atoms with E-state index in [2.05, 4.69) is 17.0 Å². The highest BCUT2D eigenvalue weighted by Gasteiger charge is 2.29. The molecule has 0 spiro atoms. The van der Waals surface area contributed by atoms with Gasteiger partial charge in [-0.25, -0.2) is 0 Å². The molecular formula is C16H21NO3. The van der Waals surface area contributed by atoms with Crippen molar-refractivity contribution < 1.29 is 14.6 Å². The van der Waals surface area contributed by atoms with Gasteiger partial charge in [-0.05, 0) is 24.3 Å². The molecule has 2 unspecified atom stereocenters. The number of hydrogen-bond donors (Lipinski definition) is 1. The van der Waals surface area contributed by atoms with Crippen LogP contribution in [0.2, 0.25) is 0 Å². The van der Waals surface area contributed by atoms with E-state index in [-0.39, 0.29) is 12.9 Å². The van der Waals surface area contributed by atoms with E-state index in [1.54, 1.807) is 6.26 Å². The van der Waals surface area contributed by atoms with E-state index in [1.165, 1.54) is 5.56 Å². The fraction of sp³-hybridized carbons (Fsp3) is 0.500. The Morgan fingerprint density at radius 2 is 2.10 bits per heavy atom. The van der Waals surface area contributed by atoms with Crippen LogP contribution in [0.5, 0.6) is 0 Å². The van der Waals surface area contributed by atoms with Gasteiger partial charge in [0, 0.05) is 26.1 Å². The Hall–Kier alpha value is -1.68. The van der Waals surface area contributed by atoms with Gasteiger partial charge in [-0.2, -0.15) is 0 Å². The predicted octanol–water partition coefficient (Wildman–Crippen LogP) is 2.11. The van der Waals surface area contributed by atoms with Crippen LogP contribution in [0.15, 0.2) is 42.5 Å². The van der Waals surface area contributed by atoms with Gasteiger partial charge < -0.3 is 19.5 Å². The quantitative estimate of drug-likeness (QED) is 0.893. The summed E-state index contributed by atoms with van der Waals surface area (Å²) < 4.78 is 11.5. The second kappa shape index (κ2) is 6.18. The van der Waals surface area contributed by atoms with Crippen LogP contribution in [-0.2, 0) is 15.9 Å². The minimum Gasteiger partial charge on any atom is -0.457 e. The summed E-state index contributed by atoms with van der Waals surface area (Å²) in [7, 11) is 0. The van der Waals surface area contributed by atoms with E-state index in [9.17, 15) is 0 Å². The number of hydrogen-bond acceptors (Lipinski definition) is 4. The maximum atomic E-state index is 9.00. The lowest BCUT2D eigenvalue weighted by atomic mass is 10.1. The normalized spacial score (nSPS) is 25.2. The van der Waals surface area contributed by atoms with Crippen molar-refractivity contribution in [3.8, 4) is 0 Å². The number of rotatable bonds is 5. The number of ether oxygens (including phenoxy) is 2. The smallest absolute Gasteiger partial charge is 0.246 e. The molecule has 2 aliphatic rings. The zero-order valence-electron chi connectivity index (χ0n) is 11.6. The van der Waals surface area contributed by atoms with Gasteiger partial charge in [0.15, 0.2) is 0 Å². The first-order valence-electron chi connectivity index (χ1n) is 7.27. The van der Waals surface area contributed by atoms with Gasteiger partial charge in [0.1, 0.15) is 6.26 Å². The lowest BCUT2D eigenvalue weighted by molar-refractivity contribution is -0.0463. The fourth-order valence-corrected chi connectivity index (χ4v) is 2.82. The molecule has 0 aromatic heterocycles. The number of benzene rings is 1. The number of aliphatic hydroxyl groups is 1. The minimum absolute atomic E-state index is 0.218. The average Bonchev–Trinajstić information content (AvgIpc) is 3.10. The van der Waals surface area contributed by atoms with Crippen molar-refractivity contribution >= 4 is 0 Å². The molecule has 3 rings (SSSR count). The van der Waals surface area contributed by atoms with Crippen LogP contribution < -0.4 is 0 Å². The fourth-order valence-electron chi connectivity index (χ4n) is 2.82. The highest BCUT2D eigenvalue weighted by molar-refractivity contribution is 5.15. The summed E-state index contributed by atoms with van der Waals surface area (Å²) >= 11 is 0. The van der Waals surface area contributed by atoms with Crippen LogP contribution in [0.3, 0.4) is 0 Å². The number of nitrogens with zero attached hydrogens (tertiary/aromatic N) is 1. The molecule has 0 radical (unpaired) electrons. The van der Waals surface area contributed by atoms with E-state index in [0.717, 1.165) is 38.2 Å². The Morgan fingerprint density at radius 1 is 1.25 bits per heavy atom. The summed E-state index contributed by atoms with van der Waals surface area (Å²) in [5.74, 6) is 1.41. The lowest BCUT2D eigenvalue weighted by Crippen LogP contribution is -2.23. The Bertz CT molecular complexity index is 460. The molecule has 1 N–H and O–H groups in total. The first-order chi connectivity index (χ1) is 9.85. The van der Waals surface area contributed by atoms with Crippen LogP contribution in [0.25, 0.3) is 0 Å². The molecule has 4 heteroatoms. The van der Waals surface area contributed by atoms with Crippen molar-refractivity contribution in [3.05, 3.63) is 48.0 Å². The van der Waals surface area contributed by atoms with Crippen molar-refractivity contribution in [1.29, 1.82) is 0 Å². The first-order valence-corrected chi connectivity index (χ1v) is 7.27. The number of likely N-dealkylation sites (tertiary alicyclic amines) is 1. The van der Waals surface area contributed by atoms with Crippen LogP contribution in [0.1, 0.15) is 18.4 Å². The van der Waals surface area contributed by atoms with Gasteiger partial charge in [-0.3, -0.25) is 0 Å².